The van der Waals surface area contributed by atoms with E-state index in [4.69, 9.17) is 9.97 Å². The summed E-state index contributed by atoms with van der Waals surface area (Å²) in [4.78, 5) is 18.9. The molecule has 0 saturated heterocycles. The van der Waals surface area contributed by atoms with Crippen LogP contribution in [0.2, 0.25) is 0 Å². The molecule has 3 heterocycles. The van der Waals surface area contributed by atoms with Crippen LogP contribution < -0.4 is 0 Å². The van der Waals surface area contributed by atoms with Crippen molar-refractivity contribution in [2.24, 2.45) is 0 Å². The van der Waals surface area contributed by atoms with Gasteiger partial charge in [-0.3, -0.25) is 19.9 Å². The van der Waals surface area contributed by atoms with Crippen molar-refractivity contribution >= 4 is 22.8 Å². The molecule has 168 valence electrons. The van der Waals surface area contributed by atoms with Gasteiger partial charge in [0.1, 0.15) is 11.0 Å². The summed E-state index contributed by atoms with van der Waals surface area (Å²) in [6, 6.07) is 20.1. The smallest absolute Gasteiger partial charge is 0.115 e. The molecule has 0 amide bonds. The van der Waals surface area contributed by atoms with E-state index in [9.17, 15) is 0 Å². The lowest BCUT2D eigenvalue weighted by Gasteiger charge is -2.14. The summed E-state index contributed by atoms with van der Waals surface area (Å²) >= 11 is 1.19. The third-order valence-corrected chi connectivity index (χ3v) is 6.76. The summed E-state index contributed by atoms with van der Waals surface area (Å²) in [6.07, 6.45) is 7.26. The number of hydrogen-bond donors (Lipinski definition) is 0. The van der Waals surface area contributed by atoms with Gasteiger partial charge in [-0.1, -0.05) is 60.7 Å². The number of fused-ring (bicyclic) bond motifs is 1. The lowest BCUT2D eigenvalue weighted by atomic mass is 9.92. The van der Waals surface area contributed by atoms with E-state index in [1.165, 1.54) is 11.7 Å². The SMILES string of the molecule is Cc1c(C)c(-c2cnc(-c3ccccc3)cn2)c2nsnc2c1-c1cnc(-c2ccccc2)cn1. The Kier molecular flexibility index (Phi) is 5.31. The van der Waals surface area contributed by atoms with Crippen molar-refractivity contribution in [2.75, 3.05) is 0 Å². The lowest BCUT2D eigenvalue weighted by molar-refractivity contribution is 1.19. The van der Waals surface area contributed by atoms with Gasteiger partial charge < -0.3 is 0 Å². The fourth-order valence-corrected chi connectivity index (χ4v) is 4.86. The molecule has 0 aliphatic carbocycles. The van der Waals surface area contributed by atoms with Gasteiger partial charge in [-0.15, -0.1) is 0 Å². The van der Waals surface area contributed by atoms with Crippen LogP contribution in [0.3, 0.4) is 0 Å². The maximum Gasteiger partial charge on any atom is 0.115 e. The summed E-state index contributed by atoms with van der Waals surface area (Å²) in [6.45, 7) is 4.18. The van der Waals surface area contributed by atoms with E-state index >= 15 is 0 Å². The second-order valence-corrected chi connectivity index (χ2v) is 8.80. The number of hydrogen-bond acceptors (Lipinski definition) is 7. The van der Waals surface area contributed by atoms with Crippen molar-refractivity contribution in [3.63, 3.8) is 0 Å². The molecule has 35 heavy (non-hydrogen) atoms. The first-order valence-electron chi connectivity index (χ1n) is 11.2. The Bertz CT molecular complexity index is 1500. The largest absolute Gasteiger partial charge is 0.252 e. The van der Waals surface area contributed by atoms with Crippen LogP contribution in [0.4, 0.5) is 0 Å². The molecule has 0 bridgehead atoms. The molecule has 0 aliphatic heterocycles. The zero-order valence-corrected chi connectivity index (χ0v) is 20.0. The Morgan fingerprint density at radius 1 is 0.486 bits per heavy atom. The maximum atomic E-state index is 4.75. The van der Waals surface area contributed by atoms with Crippen molar-refractivity contribution in [2.45, 2.75) is 13.8 Å². The van der Waals surface area contributed by atoms with Gasteiger partial charge in [0.25, 0.3) is 0 Å². The molecule has 0 radical (unpaired) electrons. The molecule has 0 aliphatic rings. The molecular weight excluding hydrogens is 452 g/mol. The minimum Gasteiger partial charge on any atom is -0.252 e. The molecular formula is C28H20N6S. The Morgan fingerprint density at radius 2 is 0.857 bits per heavy atom. The fraction of sp³-hybridized carbons (Fsp3) is 0.0714. The zero-order chi connectivity index (χ0) is 23.8. The second kappa shape index (κ2) is 8.77. The average Bonchev–Trinajstić information content (AvgIpc) is 3.40. The molecule has 0 spiro atoms. The Balaban J connectivity index is 1.44. The number of aromatic nitrogens is 6. The summed E-state index contributed by atoms with van der Waals surface area (Å²) in [7, 11) is 0. The molecule has 6 rings (SSSR count). The van der Waals surface area contributed by atoms with E-state index < -0.39 is 0 Å². The van der Waals surface area contributed by atoms with Crippen molar-refractivity contribution < 1.29 is 0 Å². The number of benzene rings is 3. The molecule has 3 aromatic heterocycles. The van der Waals surface area contributed by atoms with E-state index in [1.54, 1.807) is 0 Å². The minimum atomic E-state index is 0.778. The van der Waals surface area contributed by atoms with Crippen LogP contribution in [0.1, 0.15) is 11.1 Å². The van der Waals surface area contributed by atoms with Crippen LogP contribution in [0.15, 0.2) is 85.5 Å². The normalized spacial score (nSPS) is 11.1. The summed E-state index contributed by atoms with van der Waals surface area (Å²) < 4.78 is 9.29. The first-order chi connectivity index (χ1) is 17.2. The van der Waals surface area contributed by atoms with Gasteiger partial charge in [0.2, 0.25) is 0 Å². The third kappa shape index (κ3) is 3.76. The van der Waals surface area contributed by atoms with Crippen LogP contribution in [-0.4, -0.2) is 28.7 Å². The molecule has 6 nitrogen and oxygen atoms in total. The standard InChI is InChI=1S/C28H20N6S/c1-17-18(2)26(24-16-30-22(14-32-24)20-11-7-4-8-12-20)28-27(33-35-34-28)25(17)23-15-29-21(13-31-23)19-9-5-3-6-10-19/h3-16H,1-2H3. The van der Waals surface area contributed by atoms with Crippen LogP contribution in [-0.2, 0) is 0 Å². The van der Waals surface area contributed by atoms with Crippen LogP contribution in [0.5, 0.6) is 0 Å². The highest BCUT2D eigenvalue weighted by molar-refractivity contribution is 7.00. The topological polar surface area (TPSA) is 77.3 Å². The predicted octanol–water partition coefficient (Wildman–Crippen LogP) is 6.56. The van der Waals surface area contributed by atoms with Crippen molar-refractivity contribution in [3.8, 4) is 45.0 Å². The molecule has 0 N–H and O–H groups in total. The molecule has 0 unspecified atom stereocenters. The second-order valence-electron chi connectivity index (χ2n) is 8.27. The fourth-order valence-electron chi connectivity index (χ4n) is 4.30. The Labute approximate surface area is 206 Å². The van der Waals surface area contributed by atoms with Crippen LogP contribution in [0, 0.1) is 13.8 Å². The minimum absolute atomic E-state index is 0.778. The molecule has 0 atom stereocenters. The van der Waals surface area contributed by atoms with Crippen molar-refractivity contribution in [1.82, 2.24) is 28.7 Å². The maximum absolute atomic E-state index is 4.75. The van der Waals surface area contributed by atoms with Crippen molar-refractivity contribution in [3.05, 3.63) is 96.6 Å². The van der Waals surface area contributed by atoms with E-state index in [-0.39, 0.29) is 0 Å². The Hall–Kier alpha value is -4.36. The predicted molar refractivity (Wildman–Crippen MR) is 140 cm³/mol. The number of nitrogens with zero attached hydrogens (tertiary/aromatic N) is 6. The molecule has 6 aromatic rings. The molecule has 0 fully saturated rings. The van der Waals surface area contributed by atoms with Crippen LogP contribution >= 0.6 is 11.7 Å². The van der Waals surface area contributed by atoms with Crippen molar-refractivity contribution in [1.29, 1.82) is 0 Å². The van der Waals surface area contributed by atoms with Gasteiger partial charge in [0.15, 0.2) is 0 Å². The molecule has 3 aromatic carbocycles. The molecule has 0 saturated carbocycles. The van der Waals surface area contributed by atoms with Gasteiger partial charge in [0, 0.05) is 22.3 Å². The lowest BCUT2D eigenvalue weighted by Crippen LogP contribution is -1.99. The third-order valence-electron chi connectivity index (χ3n) is 6.23. The highest BCUT2D eigenvalue weighted by Gasteiger charge is 2.22. The highest BCUT2D eigenvalue weighted by Crippen LogP contribution is 2.39. The van der Waals surface area contributed by atoms with Gasteiger partial charge in [-0.05, 0) is 25.0 Å². The monoisotopic (exact) mass is 472 g/mol. The van der Waals surface area contributed by atoms with Gasteiger partial charge in [-0.25, -0.2) is 0 Å². The van der Waals surface area contributed by atoms with E-state index in [1.807, 2.05) is 85.5 Å². The summed E-state index contributed by atoms with van der Waals surface area (Å²) in [5.41, 5.74) is 11.0. The van der Waals surface area contributed by atoms with Crippen LogP contribution in [0.25, 0.3) is 56.1 Å². The summed E-state index contributed by atoms with van der Waals surface area (Å²) in [5.74, 6) is 0. The first-order valence-corrected chi connectivity index (χ1v) is 11.9. The van der Waals surface area contributed by atoms with E-state index in [2.05, 4.69) is 32.6 Å². The first kappa shape index (κ1) is 21.2. The highest BCUT2D eigenvalue weighted by atomic mass is 32.1. The van der Waals surface area contributed by atoms with E-state index in [0.717, 1.165) is 67.2 Å². The number of rotatable bonds is 4. The Morgan fingerprint density at radius 3 is 1.23 bits per heavy atom. The average molecular weight is 473 g/mol. The van der Waals surface area contributed by atoms with Gasteiger partial charge in [-0.2, -0.15) is 8.75 Å². The molecule has 7 heteroatoms. The van der Waals surface area contributed by atoms with E-state index in [0.29, 0.717) is 0 Å². The zero-order valence-electron chi connectivity index (χ0n) is 19.2. The van der Waals surface area contributed by atoms with Gasteiger partial charge >= 0.3 is 0 Å². The summed E-state index contributed by atoms with van der Waals surface area (Å²) in [5, 5.41) is 0. The quantitative estimate of drug-likeness (QED) is 0.289. The van der Waals surface area contributed by atoms with Gasteiger partial charge in [0.05, 0.1) is 59.3 Å².